The third-order valence-electron chi connectivity index (χ3n) is 3.65. The highest BCUT2D eigenvalue weighted by molar-refractivity contribution is 9.10. The van der Waals surface area contributed by atoms with Crippen molar-refractivity contribution in [2.75, 3.05) is 0 Å². The van der Waals surface area contributed by atoms with Gasteiger partial charge in [0.1, 0.15) is 0 Å². The van der Waals surface area contributed by atoms with Gasteiger partial charge in [-0.2, -0.15) is 5.10 Å². The molecule has 0 amide bonds. The molecule has 3 N–H and O–H groups in total. The molecule has 106 valence electrons. The minimum absolute atomic E-state index is 0.132. The Morgan fingerprint density at radius 2 is 2.37 bits per heavy atom. The van der Waals surface area contributed by atoms with Crippen molar-refractivity contribution in [3.05, 3.63) is 28.0 Å². The van der Waals surface area contributed by atoms with Crippen LogP contribution in [0.5, 0.6) is 0 Å². The third-order valence-corrected chi connectivity index (χ3v) is 4.26. The molecule has 0 aliphatic heterocycles. The summed E-state index contributed by atoms with van der Waals surface area (Å²) in [5.74, 6) is 5.78. The largest absolute Gasteiger partial charge is 0.271 e. The second kappa shape index (κ2) is 7.22. The molecule has 1 aromatic heterocycles. The Morgan fingerprint density at radius 1 is 1.53 bits per heavy atom. The Balaban J connectivity index is 2.16. The average Bonchev–Trinajstić information content (AvgIpc) is 2.79. The Morgan fingerprint density at radius 3 is 3.00 bits per heavy atom. The van der Waals surface area contributed by atoms with E-state index >= 15 is 0 Å². The fourth-order valence-corrected chi connectivity index (χ4v) is 3.27. The van der Waals surface area contributed by atoms with Gasteiger partial charge in [-0.3, -0.25) is 16.0 Å². The summed E-state index contributed by atoms with van der Waals surface area (Å²) in [5.41, 5.74) is 5.64. The maximum absolute atomic E-state index is 5.78. The molecule has 1 aliphatic rings. The number of aromatic nitrogens is 2. The highest BCUT2D eigenvalue weighted by Gasteiger charge is 2.20. The van der Waals surface area contributed by atoms with Gasteiger partial charge >= 0.3 is 0 Å². The number of rotatable bonds is 6. The lowest BCUT2D eigenvalue weighted by molar-refractivity contribution is 0.467. The number of aryl methyl sites for hydroxylation is 1. The quantitative estimate of drug-likeness (QED) is 0.478. The maximum atomic E-state index is 5.78. The zero-order chi connectivity index (χ0) is 13.7. The zero-order valence-electron chi connectivity index (χ0n) is 11.5. The summed E-state index contributed by atoms with van der Waals surface area (Å²) in [5, 5.41) is 4.42. The second-order valence-corrected chi connectivity index (χ2v) is 5.99. The van der Waals surface area contributed by atoms with Gasteiger partial charge in [-0.25, -0.2) is 0 Å². The Hall–Kier alpha value is -0.650. The van der Waals surface area contributed by atoms with Crippen LogP contribution in [-0.2, 0) is 6.54 Å². The van der Waals surface area contributed by atoms with E-state index in [0.29, 0.717) is 0 Å². The summed E-state index contributed by atoms with van der Waals surface area (Å²) >= 11 is 3.60. The van der Waals surface area contributed by atoms with Crippen molar-refractivity contribution in [3.63, 3.8) is 0 Å². The van der Waals surface area contributed by atoms with Crippen LogP contribution in [0.15, 0.2) is 22.3 Å². The van der Waals surface area contributed by atoms with Crippen LogP contribution in [-0.4, -0.2) is 9.78 Å². The molecule has 0 spiro atoms. The van der Waals surface area contributed by atoms with Crippen LogP contribution in [0.4, 0.5) is 0 Å². The molecule has 0 bridgehead atoms. The summed E-state index contributed by atoms with van der Waals surface area (Å²) < 4.78 is 3.10. The first-order chi connectivity index (χ1) is 9.26. The van der Waals surface area contributed by atoms with E-state index in [2.05, 4.69) is 44.1 Å². The van der Waals surface area contributed by atoms with Crippen LogP contribution in [0.2, 0.25) is 0 Å². The number of nitrogens with zero attached hydrogens (tertiary/aromatic N) is 2. The summed E-state index contributed by atoms with van der Waals surface area (Å²) in [7, 11) is 0. The van der Waals surface area contributed by atoms with Gasteiger partial charge < -0.3 is 0 Å². The van der Waals surface area contributed by atoms with Crippen molar-refractivity contribution in [3.8, 4) is 0 Å². The minimum Gasteiger partial charge on any atom is -0.271 e. The molecular weight excluding hydrogens is 304 g/mol. The van der Waals surface area contributed by atoms with Crippen molar-refractivity contribution < 1.29 is 0 Å². The fraction of sp³-hybridized carbons (Fsp3) is 0.643. The first-order valence-corrected chi connectivity index (χ1v) is 7.90. The summed E-state index contributed by atoms with van der Waals surface area (Å²) in [6.07, 6.45) is 11.3. The minimum atomic E-state index is 0.132. The predicted octanol–water partition coefficient (Wildman–Crippen LogP) is 3.45. The first kappa shape index (κ1) is 14.8. The van der Waals surface area contributed by atoms with Crippen molar-refractivity contribution in [1.29, 1.82) is 0 Å². The highest BCUT2D eigenvalue weighted by atomic mass is 79.9. The zero-order valence-corrected chi connectivity index (χ0v) is 13.1. The van der Waals surface area contributed by atoms with E-state index in [-0.39, 0.29) is 6.04 Å². The lowest BCUT2D eigenvalue weighted by Gasteiger charge is -2.21. The topological polar surface area (TPSA) is 55.9 Å². The van der Waals surface area contributed by atoms with E-state index in [9.17, 15) is 0 Å². The van der Waals surface area contributed by atoms with E-state index in [1.165, 1.54) is 31.3 Å². The normalized spacial score (nSPS) is 17.3. The molecule has 0 aromatic carbocycles. The molecule has 1 aliphatic carbocycles. The van der Waals surface area contributed by atoms with E-state index in [1.807, 2.05) is 6.20 Å². The van der Waals surface area contributed by atoms with Crippen LogP contribution in [0.25, 0.3) is 0 Å². The number of halogens is 1. The van der Waals surface area contributed by atoms with Crippen LogP contribution < -0.4 is 11.3 Å². The van der Waals surface area contributed by atoms with Crippen molar-refractivity contribution in [2.24, 2.45) is 5.84 Å². The molecule has 19 heavy (non-hydrogen) atoms. The third kappa shape index (κ3) is 3.68. The van der Waals surface area contributed by atoms with E-state index in [1.54, 1.807) is 0 Å². The average molecular weight is 327 g/mol. The van der Waals surface area contributed by atoms with Crippen molar-refractivity contribution in [1.82, 2.24) is 15.2 Å². The molecule has 0 radical (unpaired) electrons. The van der Waals surface area contributed by atoms with Gasteiger partial charge in [0.25, 0.3) is 0 Å². The number of hydrazine groups is 1. The number of nitrogens with one attached hydrogen (secondary N) is 1. The second-order valence-electron chi connectivity index (χ2n) is 5.13. The van der Waals surface area contributed by atoms with Gasteiger partial charge in [0, 0.05) is 6.54 Å². The lowest BCUT2D eigenvalue weighted by atomic mass is 9.93. The van der Waals surface area contributed by atoms with E-state index < -0.39 is 0 Å². The van der Waals surface area contributed by atoms with Gasteiger partial charge in [-0.1, -0.05) is 18.6 Å². The number of allylic oxidation sites excluding steroid dienone is 1. The Labute approximate surface area is 123 Å². The molecule has 2 rings (SSSR count). The summed E-state index contributed by atoms with van der Waals surface area (Å²) in [6, 6.07) is 0.132. The molecule has 1 heterocycles. The lowest BCUT2D eigenvalue weighted by Crippen LogP contribution is -2.30. The number of hydrogen-bond acceptors (Lipinski definition) is 3. The summed E-state index contributed by atoms with van der Waals surface area (Å²) in [4.78, 5) is 0. The van der Waals surface area contributed by atoms with Crippen LogP contribution >= 0.6 is 15.9 Å². The molecule has 1 unspecified atom stereocenters. The van der Waals surface area contributed by atoms with Crippen LogP contribution in [0.1, 0.15) is 57.2 Å². The van der Waals surface area contributed by atoms with Gasteiger partial charge in [0.15, 0.2) is 0 Å². The number of nitrogens with two attached hydrogens (primary N) is 1. The van der Waals surface area contributed by atoms with Crippen molar-refractivity contribution >= 4 is 15.9 Å². The smallest absolute Gasteiger partial charge is 0.0712 e. The van der Waals surface area contributed by atoms with Gasteiger partial charge in [-0.15, -0.1) is 0 Å². The maximum Gasteiger partial charge on any atom is 0.0712 e. The fourth-order valence-electron chi connectivity index (χ4n) is 2.70. The number of hydrogen-bond donors (Lipinski definition) is 2. The SMILES string of the molecule is CCCn1ncc(Br)c1C(CC1=CCCCC1)NN. The highest BCUT2D eigenvalue weighted by Crippen LogP contribution is 2.31. The molecule has 4 nitrogen and oxygen atoms in total. The van der Waals surface area contributed by atoms with E-state index in [0.717, 1.165) is 29.6 Å². The standard InChI is InChI=1S/C14H23BrN4/c1-2-8-19-14(12(15)10-17-19)13(18-16)9-11-6-4-3-5-7-11/h6,10,13,18H,2-5,7-9,16H2,1H3. The molecule has 0 saturated heterocycles. The molecule has 0 fully saturated rings. The molecule has 1 atom stereocenters. The van der Waals surface area contributed by atoms with Gasteiger partial charge in [-0.05, 0) is 54.5 Å². The molecular formula is C14H23BrN4. The van der Waals surface area contributed by atoms with Crippen molar-refractivity contribution in [2.45, 2.75) is 58.0 Å². The Bertz CT molecular complexity index is 439. The Kier molecular flexibility index (Phi) is 5.60. The molecule has 5 heteroatoms. The van der Waals surface area contributed by atoms with Crippen LogP contribution in [0.3, 0.4) is 0 Å². The first-order valence-electron chi connectivity index (χ1n) is 7.11. The van der Waals surface area contributed by atoms with Gasteiger partial charge in [0.2, 0.25) is 0 Å². The van der Waals surface area contributed by atoms with Crippen LogP contribution in [0, 0.1) is 0 Å². The monoisotopic (exact) mass is 326 g/mol. The van der Waals surface area contributed by atoms with E-state index in [4.69, 9.17) is 5.84 Å². The molecule has 1 aromatic rings. The molecule has 0 saturated carbocycles. The summed E-state index contributed by atoms with van der Waals surface area (Å²) in [6.45, 7) is 3.09. The van der Waals surface area contributed by atoms with Gasteiger partial charge in [0.05, 0.1) is 22.4 Å². The predicted molar refractivity (Wildman–Crippen MR) is 81.5 cm³/mol.